The monoisotopic (exact) mass is 406 g/mol. The van der Waals surface area contributed by atoms with E-state index < -0.39 is 17.6 Å². The Hall–Kier alpha value is -2.28. The molecule has 154 valence electrons. The maximum absolute atomic E-state index is 14.6. The van der Waals surface area contributed by atoms with Crippen LogP contribution in [0, 0.1) is 5.82 Å². The minimum atomic E-state index is -4.59. The van der Waals surface area contributed by atoms with Gasteiger partial charge < -0.3 is 4.79 Å². The highest BCUT2D eigenvalue weighted by Crippen LogP contribution is 2.43. The van der Waals surface area contributed by atoms with Crippen molar-refractivity contribution in [1.29, 1.82) is 0 Å². The number of hydrogen-bond donors (Lipinski definition) is 0. The first-order chi connectivity index (χ1) is 13.8. The Labute approximate surface area is 166 Å². The molecule has 0 N–H and O–H groups in total. The number of carbonyl (C=O) groups is 1. The van der Waals surface area contributed by atoms with Gasteiger partial charge in [-0.15, -0.1) is 0 Å². The summed E-state index contributed by atoms with van der Waals surface area (Å²) in [5.74, 6) is -0.952. The lowest BCUT2D eigenvalue weighted by Gasteiger charge is -2.32. The van der Waals surface area contributed by atoms with Gasteiger partial charge in [-0.25, -0.2) is 4.39 Å². The van der Waals surface area contributed by atoms with Gasteiger partial charge in [-0.1, -0.05) is 6.07 Å². The van der Waals surface area contributed by atoms with Gasteiger partial charge in [-0.05, 0) is 62.4 Å². The number of likely N-dealkylation sites (tertiary alicyclic amines) is 1. The van der Waals surface area contributed by atoms with Gasteiger partial charge in [0.1, 0.15) is 12.1 Å². The maximum atomic E-state index is 14.6. The molecule has 1 aliphatic carbocycles. The van der Waals surface area contributed by atoms with E-state index in [0.717, 1.165) is 49.3 Å². The Bertz CT molecular complexity index is 928. The normalized spacial score (nSPS) is 23.2. The van der Waals surface area contributed by atoms with Crippen molar-refractivity contribution >= 4 is 6.29 Å². The molecule has 0 spiro atoms. The average molecular weight is 406 g/mol. The highest BCUT2D eigenvalue weighted by Gasteiger charge is 2.38. The molecule has 1 saturated heterocycles. The fourth-order valence-electron chi connectivity index (χ4n) is 4.86. The van der Waals surface area contributed by atoms with Crippen LogP contribution in [-0.2, 0) is 17.4 Å². The fourth-order valence-corrected chi connectivity index (χ4v) is 4.86. The van der Waals surface area contributed by atoms with E-state index in [1.54, 1.807) is 6.20 Å². The summed E-state index contributed by atoms with van der Waals surface area (Å²) < 4.78 is 53.2. The van der Waals surface area contributed by atoms with Gasteiger partial charge in [0.25, 0.3) is 0 Å². The Kier molecular flexibility index (Phi) is 5.19. The molecule has 29 heavy (non-hydrogen) atoms. The van der Waals surface area contributed by atoms with Crippen molar-refractivity contribution in [3.05, 3.63) is 53.1 Å². The molecule has 0 radical (unpaired) electrons. The first-order valence-electron chi connectivity index (χ1n) is 9.86. The van der Waals surface area contributed by atoms with Crippen LogP contribution in [0.4, 0.5) is 17.6 Å². The topological polar surface area (TPSA) is 33.2 Å². The SMILES string of the molecule is C[C@H]1CCCN1C(C=O)C1CCc2c(-c3ccc(C(F)(F)F)cc3F)cncc21. The van der Waals surface area contributed by atoms with Gasteiger partial charge in [-0.3, -0.25) is 9.88 Å². The van der Waals surface area contributed by atoms with E-state index in [4.69, 9.17) is 0 Å². The van der Waals surface area contributed by atoms with Crippen molar-refractivity contribution < 1.29 is 22.4 Å². The molecule has 2 heterocycles. The van der Waals surface area contributed by atoms with E-state index in [1.165, 1.54) is 12.3 Å². The zero-order chi connectivity index (χ0) is 20.8. The molecule has 1 aliphatic heterocycles. The Morgan fingerprint density at radius 3 is 2.62 bits per heavy atom. The second kappa shape index (κ2) is 7.52. The van der Waals surface area contributed by atoms with Crippen LogP contribution in [0.25, 0.3) is 11.1 Å². The van der Waals surface area contributed by atoms with E-state index in [0.29, 0.717) is 24.1 Å². The van der Waals surface area contributed by atoms with Gasteiger partial charge in [0.15, 0.2) is 0 Å². The molecule has 1 fully saturated rings. The van der Waals surface area contributed by atoms with E-state index >= 15 is 0 Å². The van der Waals surface area contributed by atoms with Gasteiger partial charge in [0.2, 0.25) is 0 Å². The summed E-state index contributed by atoms with van der Waals surface area (Å²) in [5, 5.41) is 0. The molecule has 3 nitrogen and oxygen atoms in total. The molecule has 0 amide bonds. The van der Waals surface area contributed by atoms with Crippen LogP contribution in [0.2, 0.25) is 0 Å². The third-order valence-corrected chi connectivity index (χ3v) is 6.32. The van der Waals surface area contributed by atoms with E-state index in [2.05, 4.69) is 16.8 Å². The van der Waals surface area contributed by atoms with E-state index in [1.807, 2.05) is 0 Å². The summed E-state index contributed by atoms with van der Waals surface area (Å²) >= 11 is 0. The number of pyridine rings is 1. The Balaban J connectivity index is 1.71. The fraction of sp³-hybridized carbons (Fsp3) is 0.455. The minimum Gasteiger partial charge on any atom is -0.302 e. The van der Waals surface area contributed by atoms with Crippen LogP contribution < -0.4 is 0 Å². The highest BCUT2D eigenvalue weighted by atomic mass is 19.4. The minimum absolute atomic E-state index is 0.0343. The quantitative estimate of drug-likeness (QED) is 0.530. The first kappa shape index (κ1) is 20.0. The number of nitrogens with zero attached hydrogens (tertiary/aromatic N) is 2. The number of halogens is 4. The van der Waals surface area contributed by atoms with E-state index in [-0.39, 0.29) is 17.5 Å². The summed E-state index contributed by atoms with van der Waals surface area (Å²) in [5.41, 5.74) is 1.39. The summed E-state index contributed by atoms with van der Waals surface area (Å²) in [6, 6.07) is 2.66. The molecule has 1 aromatic heterocycles. The summed E-state index contributed by atoms with van der Waals surface area (Å²) in [6.45, 7) is 2.99. The van der Waals surface area contributed by atoms with Gasteiger partial charge >= 0.3 is 6.18 Å². The number of benzene rings is 1. The van der Waals surface area contributed by atoms with Crippen molar-refractivity contribution in [3.8, 4) is 11.1 Å². The Morgan fingerprint density at radius 1 is 1.21 bits per heavy atom. The second-order valence-electron chi connectivity index (χ2n) is 7.95. The van der Waals surface area contributed by atoms with Gasteiger partial charge in [0, 0.05) is 35.5 Å². The molecule has 0 bridgehead atoms. The third-order valence-electron chi connectivity index (χ3n) is 6.32. The lowest BCUT2D eigenvalue weighted by molar-refractivity contribution is -0.137. The number of aldehydes is 1. The van der Waals surface area contributed by atoms with Crippen LogP contribution in [-0.4, -0.2) is 34.8 Å². The number of rotatable bonds is 4. The van der Waals surface area contributed by atoms with Crippen molar-refractivity contribution in [3.63, 3.8) is 0 Å². The molecule has 1 aromatic carbocycles. The van der Waals surface area contributed by atoms with Crippen molar-refractivity contribution in [2.24, 2.45) is 0 Å². The maximum Gasteiger partial charge on any atom is 0.416 e. The Morgan fingerprint density at radius 2 is 2.00 bits per heavy atom. The van der Waals surface area contributed by atoms with Gasteiger partial charge in [0.05, 0.1) is 11.6 Å². The molecule has 3 atom stereocenters. The predicted octanol–water partition coefficient (Wildman–Crippen LogP) is 4.99. The number of hydrogen-bond acceptors (Lipinski definition) is 3. The van der Waals surface area contributed by atoms with Crippen molar-refractivity contribution in [1.82, 2.24) is 9.88 Å². The third kappa shape index (κ3) is 3.56. The summed E-state index contributed by atoms with van der Waals surface area (Å²) in [6.07, 6.45) is 3.11. The zero-order valence-corrected chi connectivity index (χ0v) is 16.0. The first-order valence-corrected chi connectivity index (χ1v) is 9.86. The zero-order valence-electron chi connectivity index (χ0n) is 16.0. The lowest BCUT2D eigenvalue weighted by Crippen LogP contribution is -2.42. The molecule has 2 unspecified atom stereocenters. The standard InChI is InChI=1S/C22H22F4N2O/c1-13-3-2-8-28(13)21(12-29)17-7-6-15-18(10-27-11-19(15)17)16-5-4-14(9-20(16)23)22(24,25)26/h4-5,9-13,17,21H,2-3,6-8H2,1H3/t13-,17?,21?/m0/s1. The number of aromatic nitrogens is 1. The molecule has 4 rings (SSSR count). The van der Waals surface area contributed by atoms with Crippen LogP contribution in [0.5, 0.6) is 0 Å². The number of alkyl halides is 3. The van der Waals surface area contributed by atoms with Crippen LogP contribution in [0.1, 0.15) is 48.8 Å². The molecular weight excluding hydrogens is 384 g/mol. The summed E-state index contributed by atoms with van der Waals surface area (Å²) in [4.78, 5) is 18.4. The second-order valence-corrected chi connectivity index (χ2v) is 7.95. The molecule has 2 aromatic rings. The smallest absolute Gasteiger partial charge is 0.302 e. The van der Waals surface area contributed by atoms with Gasteiger partial charge in [-0.2, -0.15) is 13.2 Å². The lowest BCUT2D eigenvalue weighted by atomic mass is 9.91. The largest absolute Gasteiger partial charge is 0.416 e. The summed E-state index contributed by atoms with van der Waals surface area (Å²) in [7, 11) is 0. The molecule has 7 heteroatoms. The van der Waals surface area contributed by atoms with E-state index in [9.17, 15) is 22.4 Å². The van der Waals surface area contributed by atoms with Crippen LogP contribution in [0.15, 0.2) is 30.6 Å². The highest BCUT2D eigenvalue weighted by molar-refractivity contribution is 5.71. The molecule has 0 saturated carbocycles. The van der Waals surface area contributed by atoms with Crippen LogP contribution >= 0.6 is 0 Å². The van der Waals surface area contributed by atoms with Crippen molar-refractivity contribution in [2.45, 2.75) is 56.8 Å². The van der Waals surface area contributed by atoms with Crippen molar-refractivity contribution in [2.75, 3.05) is 6.54 Å². The molecular formula is C22H22F4N2O. The number of carbonyl (C=O) groups excluding carboxylic acids is 1. The number of fused-ring (bicyclic) bond motifs is 1. The average Bonchev–Trinajstić information content (AvgIpc) is 3.29. The predicted molar refractivity (Wildman–Crippen MR) is 101 cm³/mol. The van der Waals surface area contributed by atoms with Crippen LogP contribution in [0.3, 0.4) is 0 Å². The molecule has 2 aliphatic rings.